The van der Waals surface area contributed by atoms with Crippen LogP contribution in [-0.2, 0) is 20.7 Å². The standard InChI is InChI=1S/C20H27NO3/c1-15(22)21-12-10-17(11-13-21)20(23)24-19-9-5-8-18(19)14-16-6-3-2-4-7-16/h2-4,6-7,17-19H,5,8-14H2,1H3/t18-,19-/m1/s1. The summed E-state index contributed by atoms with van der Waals surface area (Å²) in [5, 5.41) is 0. The van der Waals surface area contributed by atoms with Gasteiger partial charge in [0.2, 0.25) is 5.91 Å². The Morgan fingerprint density at radius 2 is 1.79 bits per heavy atom. The number of likely N-dealkylation sites (tertiary alicyclic amines) is 1. The molecule has 2 aliphatic rings. The number of carbonyl (C=O) groups is 2. The molecule has 1 aliphatic carbocycles. The van der Waals surface area contributed by atoms with Crippen molar-refractivity contribution >= 4 is 11.9 Å². The maximum atomic E-state index is 12.5. The molecule has 24 heavy (non-hydrogen) atoms. The number of hydrogen-bond acceptors (Lipinski definition) is 3. The lowest BCUT2D eigenvalue weighted by molar-refractivity contribution is -0.158. The second-order valence-corrected chi connectivity index (χ2v) is 7.14. The van der Waals surface area contributed by atoms with Crippen LogP contribution in [0.25, 0.3) is 0 Å². The Bertz CT molecular complexity index is 564. The van der Waals surface area contributed by atoms with E-state index < -0.39 is 0 Å². The number of rotatable bonds is 4. The molecule has 1 aliphatic heterocycles. The maximum absolute atomic E-state index is 12.5. The van der Waals surface area contributed by atoms with Crippen LogP contribution in [0.2, 0.25) is 0 Å². The average Bonchev–Trinajstić information content (AvgIpc) is 3.02. The van der Waals surface area contributed by atoms with Gasteiger partial charge in [0, 0.05) is 20.0 Å². The van der Waals surface area contributed by atoms with Gasteiger partial charge >= 0.3 is 5.97 Å². The molecule has 1 saturated carbocycles. The van der Waals surface area contributed by atoms with E-state index in [0.29, 0.717) is 19.0 Å². The monoisotopic (exact) mass is 329 g/mol. The fourth-order valence-corrected chi connectivity index (χ4v) is 3.98. The van der Waals surface area contributed by atoms with Gasteiger partial charge in [0.05, 0.1) is 5.92 Å². The van der Waals surface area contributed by atoms with Crippen LogP contribution >= 0.6 is 0 Å². The molecule has 4 nitrogen and oxygen atoms in total. The van der Waals surface area contributed by atoms with Gasteiger partial charge in [0.25, 0.3) is 0 Å². The molecule has 2 fully saturated rings. The van der Waals surface area contributed by atoms with E-state index in [1.165, 1.54) is 5.56 Å². The smallest absolute Gasteiger partial charge is 0.309 e. The van der Waals surface area contributed by atoms with Crippen molar-refractivity contribution in [3.05, 3.63) is 35.9 Å². The van der Waals surface area contributed by atoms with E-state index in [2.05, 4.69) is 24.3 Å². The largest absolute Gasteiger partial charge is 0.462 e. The number of piperidine rings is 1. The minimum absolute atomic E-state index is 0.0430. The van der Waals surface area contributed by atoms with E-state index in [1.54, 1.807) is 6.92 Å². The number of carbonyl (C=O) groups excluding carboxylic acids is 2. The third-order valence-electron chi connectivity index (χ3n) is 5.47. The van der Waals surface area contributed by atoms with E-state index >= 15 is 0 Å². The summed E-state index contributed by atoms with van der Waals surface area (Å²) < 4.78 is 5.89. The number of esters is 1. The first-order valence-electron chi connectivity index (χ1n) is 9.13. The van der Waals surface area contributed by atoms with Crippen molar-refractivity contribution in [2.24, 2.45) is 11.8 Å². The van der Waals surface area contributed by atoms with Crippen LogP contribution in [0.15, 0.2) is 30.3 Å². The first-order valence-corrected chi connectivity index (χ1v) is 9.13. The summed E-state index contributed by atoms with van der Waals surface area (Å²) in [5.41, 5.74) is 1.32. The highest BCUT2D eigenvalue weighted by molar-refractivity contribution is 5.75. The Labute approximate surface area is 144 Å². The van der Waals surface area contributed by atoms with E-state index in [0.717, 1.165) is 38.5 Å². The Morgan fingerprint density at radius 3 is 2.46 bits per heavy atom. The van der Waals surface area contributed by atoms with E-state index in [4.69, 9.17) is 4.74 Å². The molecule has 0 N–H and O–H groups in total. The normalized spacial score (nSPS) is 24.8. The lowest BCUT2D eigenvalue weighted by Gasteiger charge is -2.31. The van der Waals surface area contributed by atoms with Crippen LogP contribution < -0.4 is 0 Å². The molecule has 0 spiro atoms. The van der Waals surface area contributed by atoms with Crippen LogP contribution in [0.3, 0.4) is 0 Å². The fourth-order valence-electron chi connectivity index (χ4n) is 3.98. The Balaban J connectivity index is 1.51. The van der Waals surface area contributed by atoms with Crippen LogP contribution in [0, 0.1) is 11.8 Å². The molecule has 0 bridgehead atoms. The van der Waals surface area contributed by atoms with Gasteiger partial charge in [0.1, 0.15) is 6.10 Å². The van der Waals surface area contributed by atoms with Crippen molar-refractivity contribution in [2.75, 3.05) is 13.1 Å². The Morgan fingerprint density at radius 1 is 1.08 bits per heavy atom. The number of nitrogens with zero attached hydrogens (tertiary/aromatic N) is 1. The van der Waals surface area contributed by atoms with Crippen molar-refractivity contribution in [1.82, 2.24) is 4.90 Å². The lowest BCUT2D eigenvalue weighted by atomic mass is 9.95. The number of benzene rings is 1. The highest BCUT2D eigenvalue weighted by Crippen LogP contribution is 2.32. The molecule has 130 valence electrons. The first-order chi connectivity index (χ1) is 11.6. The van der Waals surface area contributed by atoms with Gasteiger partial charge in [-0.05, 0) is 50.0 Å². The summed E-state index contributed by atoms with van der Waals surface area (Å²) in [6.45, 7) is 2.94. The predicted molar refractivity (Wildman–Crippen MR) is 92.3 cm³/mol. The van der Waals surface area contributed by atoms with Gasteiger partial charge in [0.15, 0.2) is 0 Å². The first kappa shape index (κ1) is 17.0. The molecule has 2 atom stereocenters. The second kappa shape index (κ2) is 7.82. The number of amides is 1. The number of hydrogen-bond donors (Lipinski definition) is 0. The molecule has 1 aromatic carbocycles. The summed E-state index contributed by atoms with van der Waals surface area (Å²) in [5.74, 6) is 0.441. The van der Waals surface area contributed by atoms with Crippen LogP contribution in [-0.4, -0.2) is 36.0 Å². The molecule has 0 aromatic heterocycles. The van der Waals surface area contributed by atoms with Gasteiger partial charge in [-0.3, -0.25) is 9.59 Å². The highest BCUT2D eigenvalue weighted by Gasteiger charge is 2.34. The third-order valence-corrected chi connectivity index (χ3v) is 5.47. The van der Waals surface area contributed by atoms with Gasteiger partial charge in [-0.2, -0.15) is 0 Å². The van der Waals surface area contributed by atoms with Crippen LogP contribution in [0.1, 0.15) is 44.6 Å². The highest BCUT2D eigenvalue weighted by atomic mass is 16.5. The quantitative estimate of drug-likeness (QED) is 0.797. The summed E-state index contributed by atoms with van der Waals surface area (Å²) in [4.78, 5) is 25.7. The molecule has 1 saturated heterocycles. The molecule has 0 unspecified atom stereocenters. The van der Waals surface area contributed by atoms with Gasteiger partial charge < -0.3 is 9.64 Å². The summed E-state index contributed by atoms with van der Waals surface area (Å²) in [6, 6.07) is 10.5. The maximum Gasteiger partial charge on any atom is 0.309 e. The van der Waals surface area contributed by atoms with Crippen LogP contribution in [0.5, 0.6) is 0 Å². The zero-order chi connectivity index (χ0) is 16.9. The second-order valence-electron chi connectivity index (χ2n) is 7.14. The van der Waals surface area contributed by atoms with E-state index in [-0.39, 0.29) is 23.9 Å². The zero-order valence-electron chi connectivity index (χ0n) is 14.4. The minimum Gasteiger partial charge on any atom is -0.462 e. The molecule has 4 heteroatoms. The van der Waals surface area contributed by atoms with Crippen molar-refractivity contribution in [2.45, 2.75) is 51.6 Å². The molecule has 3 rings (SSSR count). The van der Waals surface area contributed by atoms with Crippen LogP contribution in [0.4, 0.5) is 0 Å². The van der Waals surface area contributed by atoms with E-state index in [1.807, 2.05) is 11.0 Å². The van der Waals surface area contributed by atoms with Crippen molar-refractivity contribution < 1.29 is 14.3 Å². The van der Waals surface area contributed by atoms with Crippen molar-refractivity contribution in [1.29, 1.82) is 0 Å². The lowest BCUT2D eigenvalue weighted by Crippen LogP contribution is -2.40. The SMILES string of the molecule is CC(=O)N1CCC(C(=O)O[C@@H]2CCC[C@@H]2Cc2ccccc2)CC1. The van der Waals surface area contributed by atoms with Gasteiger partial charge in [-0.1, -0.05) is 30.3 Å². The third kappa shape index (κ3) is 4.16. The summed E-state index contributed by atoms with van der Waals surface area (Å²) >= 11 is 0. The van der Waals surface area contributed by atoms with Gasteiger partial charge in [-0.25, -0.2) is 0 Å². The molecule has 1 heterocycles. The molecule has 1 amide bonds. The molecular weight excluding hydrogens is 302 g/mol. The van der Waals surface area contributed by atoms with Crippen molar-refractivity contribution in [3.63, 3.8) is 0 Å². The van der Waals surface area contributed by atoms with Crippen molar-refractivity contribution in [3.8, 4) is 0 Å². The number of ether oxygens (including phenoxy) is 1. The zero-order valence-corrected chi connectivity index (χ0v) is 14.4. The fraction of sp³-hybridized carbons (Fsp3) is 0.600. The summed E-state index contributed by atoms with van der Waals surface area (Å²) in [6.07, 6.45) is 5.76. The topological polar surface area (TPSA) is 46.6 Å². The minimum atomic E-state index is -0.0526. The Hall–Kier alpha value is -1.84. The van der Waals surface area contributed by atoms with Gasteiger partial charge in [-0.15, -0.1) is 0 Å². The molecular formula is C20H27NO3. The predicted octanol–water partition coefficient (Wildman–Crippen LogP) is 3.20. The summed E-state index contributed by atoms with van der Waals surface area (Å²) in [7, 11) is 0. The Kier molecular flexibility index (Phi) is 5.54. The molecule has 0 radical (unpaired) electrons. The average molecular weight is 329 g/mol. The van der Waals surface area contributed by atoms with E-state index in [9.17, 15) is 9.59 Å². The molecule has 1 aromatic rings.